The van der Waals surface area contributed by atoms with Crippen LogP contribution in [0, 0.1) is 0 Å². The van der Waals surface area contributed by atoms with Gasteiger partial charge in [0.2, 0.25) is 0 Å². The summed E-state index contributed by atoms with van der Waals surface area (Å²) in [6, 6.07) is -1.23. The largest absolute Gasteiger partial charge is 0.464 e. The highest BCUT2D eigenvalue weighted by Gasteiger charge is 2.43. The third-order valence-corrected chi connectivity index (χ3v) is 4.34. The molecule has 0 rings (SSSR count). The molecule has 0 aromatic heterocycles. The molecule has 0 radical (unpaired) electrons. The van der Waals surface area contributed by atoms with Gasteiger partial charge in [-0.3, -0.25) is 19.4 Å². The van der Waals surface area contributed by atoms with Crippen molar-refractivity contribution in [3.05, 3.63) is 0 Å². The number of unbranched alkanes of at least 4 members (excludes halogenated alkanes) is 2. The van der Waals surface area contributed by atoms with Gasteiger partial charge in [-0.2, -0.15) is 0 Å². The summed E-state index contributed by atoms with van der Waals surface area (Å²) >= 11 is 0. The molecule has 6 nitrogen and oxygen atoms in total. The molecule has 0 N–H and O–H groups in total. The van der Waals surface area contributed by atoms with Gasteiger partial charge < -0.3 is 9.47 Å². The van der Waals surface area contributed by atoms with Crippen molar-refractivity contribution < 1.29 is 19.1 Å². The van der Waals surface area contributed by atoms with Crippen LogP contribution in [0.1, 0.15) is 67.2 Å². The van der Waals surface area contributed by atoms with Gasteiger partial charge in [0, 0.05) is 12.1 Å². The van der Waals surface area contributed by atoms with Gasteiger partial charge in [-0.1, -0.05) is 26.7 Å². The van der Waals surface area contributed by atoms with Crippen molar-refractivity contribution in [1.29, 1.82) is 0 Å². The number of hydrogen-bond acceptors (Lipinski definition) is 6. The summed E-state index contributed by atoms with van der Waals surface area (Å²) in [7, 11) is 3.60. The molecule has 0 amide bonds. The summed E-state index contributed by atoms with van der Waals surface area (Å²) < 4.78 is 11.0. The zero-order chi connectivity index (χ0) is 20.3. The third kappa shape index (κ3) is 8.04. The molecule has 0 aliphatic rings. The molecule has 0 aromatic rings. The molecule has 0 aromatic carbocycles. The van der Waals surface area contributed by atoms with Crippen LogP contribution in [-0.2, 0) is 19.1 Å². The predicted octanol–water partition coefficient (Wildman–Crippen LogP) is 3.09. The van der Waals surface area contributed by atoms with Crippen LogP contribution in [0.5, 0.6) is 0 Å². The topological polar surface area (TPSA) is 59.1 Å². The standard InChI is InChI=1S/C20H40N2O4/c1-9-11-13-25-19(23)17(21(7)8)18(20(24)26-14-12-10-2)22(15(3)4)16(5)6/h15-18H,9-14H2,1-8H3. The lowest BCUT2D eigenvalue weighted by Gasteiger charge is -2.41. The van der Waals surface area contributed by atoms with Crippen LogP contribution in [0.25, 0.3) is 0 Å². The van der Waals surface area contributed by atoms with Crippen LogP contribution in [0.3, 0.4) is 0 Å². The van der Waals surface area contributed by atoms with Crippen LogP contribution in [-0.4, -0.2) is 73.2 Å². The zero-order valence-corrected chi connectivity index (χ0v) is 18.1. The van der Waals surface area contributed by atoms with E-state index in [0.29, 0.717) is 13.2 Å². The number of esters is 2. The fourth-order valence-corrected chi connectivity index (χ4v) is 3.08. The summed E-state index contributed by atoms with van der Waals surface area (Å²) in [4.78, 5) is 29.5. The van der Waals surface area contributed by atoms with Gasteiger partial charge in [-0.15, -0.1) is 0 Å². The molecule has 0 bridgehead atoms. The Morgan fingerprint density at radius 1 is 0.769 bits per heavy atom. The van der Waals surface area contributed by atoms with Crippen molar-refractivity contribution in [1.82, 2.24) is 9.80 Å². The minimum absolute atomic E-state index is 0.0876. The molecule has 0 aliphatic heterocycles. The number of carbonyl (C=O) groups is 2. The quantitative estimate of drug-likeness (QED) is 0.366. The molecule has 2 atom stereocenters. The Balaban J connectivity index is 5.64. The molecular weight excluding hydrogens is 332 g/mol. The van der Waals surface area contributed by atoms with E-state index >= 15 is 0 Å². The molecule has 6 heteroatoms. The Hall–Kier alpha value is -1.14. The van der Waals surface area contributed by atoms with Crippen molar-refractivity contribution >= 4 is 11.9 Å². The predicted molar refractivity (Wildman–Crippen MR) is 105 cm³/mol. The highest BCUT2D eigenvalue weighted by Crippen LogP contribution is 2.20. The van der Waals surface area contributed by atoms with Crippen molar-refractivity contribution in [3.63, 3.8) is 0 Å². The Labute approximate surface area is 160 Å². The molecule has 154 valence electrons. The van der Waals surface area contributed by atoms with E-state index in [4.69, 9.17) is 9.47 Å². The van der Waals surface area contributed by atoms with Crippen LogP contribution >= 0.6 is 0 Å². The molecule has 0 spiro atoms. The number of ether oxygens (including phenoxy) is 2. The number of carbonyl (C=O) groups excluding carboxylic acids is 2. The maximum Gasteiger partial charge on any atom is 0.325 e. The Bertz CT molecular complexity index is 403. The van der Waals surface area contributed by atoms with Crippen molar-refractivity contribution in [3.8, 4) is 0 Å². The van der Waals surface area contributed by atoms with E-state index < -0.39 is 12.1 Å². The van der Waals surface area contributed by atoms with E-state index in [-0.39, 0.29) is 24.0 Å². The van der Waals surface area contributed by atoms with Gasteiger partial charge in [0.15, 0.2) is 0 Å². The van der Waals surface area contributed by atoms with E-state index in [1.54, 1.807) is 19.0 Å². The molecular formula is C20H40N2O4. The first kappa shape index (κ1) is 24.9. The number of likely N-dealkylation sites (N-methyl/N-ethyl adjacent to an activating group) is 1. The number of nitrogens with zero attached hydrogens (tertiary/aromatic N) is 2. The normalized spacial score (nSPS) is 14.2. The van der Waals surface area contributed by atoms with Crippen molar-refractivity contribution in [2.45, 2.75) is 91.4 Å². The first-order valence-corrected chi connectivity index (χ1v) is 9.96. The highest BCUT2D eigenvalue weighted by molar-refractivity contribution is 5.87. The van der Waals surface area contributed by atoms with Gasteiger partial charge >= 0.3 is 11.9 Å². The second-order valence-electron chi connectivity index (χ2n) is 7.53. The second kappa shape index (κ2) is 13.1. The summed E-state index contributed by atoms with van der Waals surface area (Å²) in [5.41, 5.74) is 0. The third-order valence-electron chi connectivity index (χ3n) is 4.34. The van der Waals surface area contributed by atoms with Crippen molar-refractivity contribution in [2.75, 3.05) is 27.3 Å². The van der Waals surface area contributed by atoms with Crippen LogP contribution in [0.15, 0.2) is 0 Å². The molecule has 26 heavy (non-hydrogen) atoms. The number of rotatable bonds is 13. The average molecular weight is 373 g/mol. The highest BCUT2D eigenvalue weighted by atomic mass is 16.5. The smallest absolute Gasteiger partial charge is 0.325 e. The first-order valence-electron chi connectivity index (χ1n) is 9.96. The summed E-state index contributed by atoms with van der Waals surface area (Å²) in [6.07, 6.45) is 3.53. The molecule has 2 unspecified atom stereocenters. The van der Waals surface area contributed by atoms with Crippen molar-refractivity contribution in [2.24, 2.45) is 0 Å². The van der Waals surface area contributed by atoms with Gasteiger partial charge in [0.05, 0.1) is 13.2 Å². The molecule has 0 saturated carbocycles. The SMILES string of the molecule is CCCCOC(=O)C(C(C(=O)OCCCC)N(C(C)C)C(C)C)N(C)C. The maximum absolute atomic E-state index is 13.0. The van der Waals surface area contributed by atoms with E-state index in [9.17, 15) is 9.59 Å². The van der Waals surface area contributed by atoms with Crippen LogP contribution < -0.4 is 0 Å². The average Bonchev–Trinajstić information content (AvgIpc) is 2.53. The fraction of sp³-hybridized carbons (Fsp3) is 0.900. The zero-order valence-electron chi connectivity index (χ0n) is 18.1. The lowest BCUT2D eigenvalue weighted by atomic mass is 10.0. The molecule has 0 fully saturated rings. The Kier molecular flexibility index (Phi) is 12.5. The van der Waals surface area contributed by atoms with Gasteiger partial charge in [0.25, 0.3) is 0 Å². The first-order chi connectivity index (χ1) is 12.2. The monoisotopic (exact) mass is 372 g/mol. The van der Waals surface area contributed by atoms with E-state index in [0.717, 1.165) is 25.7 Å². The molecule has 0 saturated heterocycles. The summed E-state index contributed by atoms with van der Waals surface area (Å²) in [5.74, 6) is -0.723. The summed E-state index contributed by atoms with van der Waals surface area (Å²) in [5, 5.41) is 0. The van der Waals surface area contributed by atoms with E-state index in [2.05, 4.69) is 0 Å². The lowest BCUT2D eigenvalue weighted by molar-refractivity contribution is -0.165. The van der Waals surface area contributed by atoms with Gasteiger partial charge in [0.1, 0.15) is 12.1 Å². The second-order valence-corrected chi connectivity index (χ2v) is 7.53. The number of hydrogen-bond donors (Lipinski definition) is 0. The van der Waals surface area contributed by atoms with Gasteiger partial charge in [-0.05, 0) is 54.6 Å². The maximum atomic E-state index is 13.0. The van der Waals surface area contributed by atoms with E-state index in [1.165, 1.54) is 0 Å². The minimum atomic E-state index is -0.703. The van der Waals surface area contributed by atoms with Crippen LogP contribution in [0.4, 0.5) is 0 Å². The molecule has 0 aliphatic carbocycles. The Morgan fingerprint density at radius 3 is 1.46 bits per heavy atom. The van der Waals surface area contributed by atoms with Gasteiger partial charge in [-0.25, -0.2) is 0 Å². The molecule has 0 heterocycles. The van der Waals surface area contributed by atoms with E-state index in [1.807, 2.05) is 46.4 Å². The minimum Gasteiger partial charge on any atom is -0.464 e. The van der Waals surface area contributed by atoms with Crippen LogP contribution in [0.2, 0.25) is 0 Å². The lowest BCUT2D eigenvalue weighted by Crippen LogP contribution is -2.61. The Morgan fingerprint density at radius 2 is 1.15 bits per heavy atom. The summed E-state index contributed by atoms with van der Waals surface area (Å²) in [6.45, 7) is 13.0. The fourth-order valence-electron chi connectivity index (χ4n) is 3.08.